The van der Waals surface area contributed by atoms with E-state index in [-0.39, 0.29) is 0 Å². The van der Waals surface area contributed by atoms with Crippen LogP contribution in [0.5, 0.6) is 5.75 Å². The van der Waals surface area contributed by atoms with Crippen molar-refractivity contribution in [3.63, 3.8) is 0 Å². The normalized spacial score (nSPS) is 18.2. The number of piperidine rings is 1. The molecule has 1 saturated heterocycles. The standard InChI is InChI=1S/C14H17ClN2O4/c1-21-9-5-6-10(15)11(8-9)16-14(20)17-7-3-2-4-12(17)13(18)19/h5-6,8,12H,2-4,7H2,1H3,(H,16,20)(H,18,19). The molecule has 1 aromatic carbocycles. The fourth-order valence-electron chi connectivity index (χ4n) is 2.35. The first-order valence-electron chi connectivity index (χ1n) is 6.67. The lowest BCUT2D eigenvalue weighted by Gasteiger charge is -2.33. The van der Waals surface area contributed by atoms with Crippen molar-refractivity contribution < 1.29 is 19.4 Å². The van der Waals surface area contributed by atoms with E-state index in [1.54, 1.807) is 18.2 Å². The van der Waals surface area contributed by atoms with Crippen molar-refractivity contribution >= 4 is 29.3 Å². The van der Waals surface area contributed by atoms with Gasteiger partial charge in [-0.3, -0.25) is 0 Å². The van der Waals surface area contributed by atoms with Crippen molar-refractivity contribution in [1.29, 1.82) is 0 Å². The Kier molecular flexibility index (Phi) is 4.90. The maximum atomic E-state index is 12.3. The van der Waals surface area contributed by atoms with Crippen molar-refractivity contribution in [1.82, 2.24) is 4.90 Å². The molecule has 7 heteroatoms. The number of aliphatic carboxylic acids is 1. The number of carbonyl (C=O) groups excluding carboxylic acids is 1. The van der Waals surface area contributed by atoms with Crippen molar-refractivity contribution in [3.05, 3.63) is 23.2 Å². The van der Waals surface area contributed by atoms with Crippen molar-refractivity contribution in [2.75, 3.05) is 19.0 Å². The zero-order valence-electron chi connectivity index (χ0n) is 11.6. The third kappa shape index (κ3) is 3.58. The number of carboxylic acid groups (broad SMARTS) is 1. The van der Waals surface area contributed by atoms with Crippen LogP contribution in [0.25, 0.3) is 0 Å². The summed E-state index contributed by atoms with van der Waals surface area (Å²) >= 11 is 6.03. The number of hydrogen-bond acceptors (Lipinski definition) is 3. The summed E-state index contributed by atoms with van der Waals surface area (Å²) in [5.74, 6) is -0.426. The maximum absolute atomic E-state index is 12.3. The Balaban J connectivity index is 2.14. The summed E-state index contributed by atoms with van der Waals surface area (Å²) in [7, 11) is 1.51. The highest BCUT2D eigenvalue weighted by Crippen LogP contribution is 2.27. The number of carbonyl (C=O) groups is 2. The van der Waals surface area contributed by atoms with Gasteiger partial charge in [-0.2, -0.15) is 0 Å². The van der Waals surface area contributed by atoms with Crippen molar-refractivity contribution in [3.8, 4) is 5.75 Å². The molecule has 0 aromatic heterocycles. The highest BCUT2D eigenvalue weighted by molar-refractivity contribution is 6.33. The van der Waals surface area contributed by atoms with Crippen LogP contribution >= 0.6 is 11.6 Å². The van der Waals surface area contributed by atoms with Crippen LogP contribution in [0.15, 0.2) is 18.2 Å². The predicted octanol–water partition coefficient (Wildman–Crippen LogP) is 2.82. The van der Waals surface area contributed by atoms with E-state index in [1.807, 2.05) is 0 Å². The zero-order chi connectivity index (χ0) is 15.4. The zero-order valence-corrected chi connectivity index (χ0v) is 12.4. The third-order valence-corrected chi connectivity index (χ3v) is 3.79. The van der Waals surface area contributed by atoms with Crippen LogP contribution in [-0.4, -0.2) is 41.7 Å². The van der Waals surface area contributed by atoms with Crippen LogP contribution in [0.2, 0.25) is 5.02 Å². The Morgan fingerprint density at radius 3 is 2.86 bits per heavy atom. The van der Waals surface area contributed by atoms with E-state index in [0.717, 1.165) is 12.8 Å². The molecule has 2 amide bonds. The summed E-state index contributed by atoms with van der Waals surface area (Å²) < 4.78 is 5.08. The maximum Gasteiger partial charge on any atom is 0.326 e. The van der Waals surface area contributed by atoms with Crippen LogP contribution in [0, 0.1) is 0 Å². The Hall–Kier alpha value is -1.95. The lowest BCUT2D eigenvalue weighted by atomic mass is 10.0. The summed E-state index contributed by atoms with van der Waals surface area (Å²) in [5, 5.41) is 12.2. The number of amides is 2. The molecule has 1 atom stereocenters. The molecule has 1 heterocycles. The summed E-state index contributed by atoms with van der Waals surface area (Å²) in [6.07, 6.45) is 2.07. The van der Waals surface area contributed by atoms with Gasteiger partial charge in [-0.05, 0) is 31.4 Å². The number of hydrogen-bond donors (Lipinski definition) is 2. The van der Waals surface area contributed by atoms with Crippen LogP contribution in [-0.2, 0) is 4.79 Å². The van der Waals surface area contributed by atoms with Crippen LogP contribution in [0.3, 0.4) is 0 Å². The number of carboxylic acids is 1. The molecule has 0 spiro atoms. The molecular weight excluding hydrogens is 296 g/mol. The second-order valence-electron chi connectivity index (χ2n) is 4.82. The Bertz CT molecular complexity index is 550. The third-order valence-electron chi connectivity index (χ3n) is 3.46. The highest BCUT2D eigenvalue weighted by Gasteiger charge is 2.32. The molecule has 1 fully saturated rings. The summed E-state index contributed by atoms with van der Waals surface area (Å²) in [4.78, 5) is 24.8. The average molecular weight is 313 g/mol. The Labute approximate surface area is 127 Å². The van der Waals surface area contributed by atoms with Gasteiger partial charge >= 0.3 is 12.0 Å². The van der Waals surface area contributed by atoms with Gasteiger partial charge < -0.3 is 20.1 Å². The molecule has 2 rings (SSSR count). The molecule has 0 radical (unpaired) electrons. The van der Waals surface area contributed by atoms with Gasteiger partial charge in [-0.25, -0.2) is 9.59 Å². The Morgan fingerprint density at radius 1 is 1.43 bits per heavy atom. The van der Waals surface area contributed by atoms with E-state index in [1.165, 1.54) is 12.0 Å². The van der Waals surface area contributed by atoms with Gasteiger partial charge in [0.2, 0.25) is 0 Å². The number of anilines is 1. The van der Waals surface area contributed by atoms with Gasteiger partial charge in [0.1, 0.15) is 11.8 Å². The van der Waals surface area contributed by atoms with E-state index in [0.29, 0.717) is 29.4 Å². The number of methoxy groups -OCH3 is 1. The first-order valence-corrected chi connectivity index (χ1v) is 7.04. The van der Waals surface area contributed by atoms with Crippen molar-refractivity contribution in [2.24, 2.45) is 0 Å². The lowest BCUT2D eigenvalue weighted by Crippen LogP contribution is -2.49. The van der Waals surface area contributed by atoms with Crippen molar-refractivity contribution in [2.45, 2.75) is 25.3 Å². The monoisotopic (exact) mass is 312 g/mol. The molecule has 1 aliphatic heterocycles. The van der Waals surface area contributed by atoms with E-state index in [2.05, 4.69) is 5.32 Å². The number of ether oxygens (including phenoxy) is 1. The molecule has 0 aliphatic carbocycles. The number of benzene rings is 1. The summed E-state index contributed by atoms with van der Waals surface area (Å²) in [6, 6.07) is 3.64. The predicted molar refractivity (Wildman–Crippen MR) is 79.0 cm³/mol. The van der Waals surface area contributed by atoms with Crippen LogP contribution < -0.4 is 10.1 Å². The highest BCUT2D eigenvalue weighted by atomic mass is 35.5. The van der Waals surface area contributed by atoms with Gasteiger partial charge in [0.05, 0.1) is 17.8 Å². The molecule has 1 unspecified atom stereocenters. The molecule has 114 valence electrons. The lowest BCUT2D eigenvalue weighted by molar-refractivity contribution is -0.143. The van der Waals surface area contributed by atoms with E-state index in [9.17, 15) is 14.7 Å². The molecule has 2 N–H and O–H groups in total. The molecule has 6 nitrogen and oxygen atoms in total. The SMILES string of the molecule is COc1ccc(Cl)c(NC(=O)N2CCCCC2C(=O)O)c1. The molecular formula is C14H17ClN2O4. The quantitative estimate of drug-likeness (QED) is 0.899. The van der Waals surface area contributed by atoms with E-state index in [4.69, 9.17) is 16.3 Å². The second-order valence-corrected chi connectivity index (χ2v) is 5.23. The number of nitrogens with zero attached hydrogens (tertiary/aromatic N) is 1. The smallest absolute Gasteiger partial charge is 0.326 e. The Morgan fingerprint density at radius 2 is 2.19 bits per heavy atom. The molecule has 1 aromatic rings. The minimum absolute atomic E-state index is 0.369. The number of nitrogens with one attached hydrogen (secondary N) is 1. The fraction of sp³-hybridized carbons (Fsp3) is 0.429. The van der Waals surface area contributed by atoms with Gasteiger partial charge in [-0.1, -0.05) is 11.6 Å². The average Bonchev–Trinajstić information content (AvgIpc) is 2.49. The number of halogens is 1. The molecule has 0 bridgehead atoms. The van der Waals surface area contributed by atoms with Gasteiger partial charge in [-0.15, -0.1) is 0 Å². The van der Waals surface area contributed by atoms with E-state index >= 15 is 0 Å². The first kappa shape index (κ1) is 15.4. The van der Waals surface area contributed by atoms with Crippen LogP contribution in [0.1, 0.15) is 19.3 Å². The largest absolute Gasteiger partial charge is 0.497 e. The second kappa shape index (κ2) is 6.67. The number of rotatable bonds is 3. The number of likely N-dealkylation sites (tertiary alicyclic amines) is 1. The topological polar surface area (TPSA) is 78.9 Å². The fourth-order valence-corrected chi connectivity index (χ4v) is 2.51. The van der Waals surface area contributed by atoms with Gasteiger partial charge in [0.15, 0.2) is 0 Å². The molecule has 21 heavy (non-hydrogen) atoms. The minimum Gasteiger partial charge on any atom is -0.497 e. The number of urea groups is 1. The van der Waals surface area contributed by atoms with Gasteiger partial charge in [0, 0.05) is 12.6 Å². The van der Waals surface area contributed by atoms with Crippen LogP contribution in [0.4, 0.5) is 10.5 Å². The molecule has 1 aliphatic rings. The summed E-state index contributed by atoms with van der Waals surface area (Å²) in [6.45, 7) is 0.421. The first-order chi connectivity index (χ1) is 10.0. The van der Waals surface area contributed by atoms with E-state index < -0.39 is 18.0 Å². The summed E-state index contributed by atoms with van der Waals surface area (Å²) in [5.41, 5.74) is 0.399. The van der Waals surface area contributed by atoms with Gasteiger partial charge in [0.25, 0.3) is 0 Å². The minimum atomic E-state index is -0.985. The molecule has 0 saturated carbocycles.